The molecule has 0 saturated heterocycles. The number of aromatic nitrogens is 1. The second-order valence-corrected chi connectivity index (χ2v) is 5.31. The van der Waals surface area contributed by atoms with Crippen molar-refractivity contribution in [3.05, 3.63) is 51.5 Å². The van der Waals surface area contributed by atoms with Gasteiger partial charge in [-0.15, -0.1) is 11.3 Å². The zero-order chi connectivity index (χ0) is 13.0. The van der Waals surface area contributed by atoms with Gasteiger partial charge in [-0.3, -0.25) is 4.90 Å². The molecular weight excluding hydrogens is 242 g/mol. The minimum Gasteiger partial charge on any atom is -0.295 e. The summed E-state index contributed by atoms with van der Waals surface area (Å²) in [4.78, 5) is 6.65. The molecule has 0 amide bonds. The Kier molecular flexibility index (Phi) is 4.08. The topological polar surface area (TPSA) is 39.9 Å². The predicted octanol–water partition coefficient (Wildman–Crippen LogP) is 2.96. The van der Waals surface area contributed by atoms with Gasteiger partial charge >= 0.3 is 0 Å². The molecule has 0 unspecified atom stereocenters. The average molecular weight is 257 g/mol. The first-order chi connectivity index (χ1) is 8.67. The van der Waals surface area contributed by atoms with E-state index in [0.717, 1.165) is 29.4 Å². The Morgan fingerprint density at radius 2 is 2.22 bits per heavy atom. The van der Waals surface area contributed by atoms with Crippen LogP contribution in [0.2, 0.25) is 0 Å². The van der Waals surface area contributed by atoms with Crippen molar-refractivity contribution in [2.24, 2.45) is 0 Å². The normalized spacial score (nSPS) is 10.6. The molecule has 1 aromatic carbocycles. The first-order valence-electron chi connectivity index (χ1n) is 5.76. The van der Waals surface area contributed by atoms with E-state index in [2.05, 4.69) is 28.4 Å². The summed E-state index contributed by atoms with van der Waals surface area (Å²) in [5.41, 5.74) is 2.95. The van der Waals surface area contributed by atoms with E-state index in [-0.39, 0.29) is 0 Å². The summed E-state index contributed by atoms with van der Waals surface area (Å²) in [5, 5.41) is 12.1. The van der Waals surface area contributed by atoms with Crippen LogP contribution in [0, 0.1) is 18.3 Å². The van der Waals surface area contributed by atoms with Crippen LogP contribution in [0.25, 0.3) is 0 Å². The van der Waals surface area contributed by atoms with Crippen LogP contribution in [0.15, 0.2) is 29.6 Å². The standard InChI is InChI=1S/C14H15N3S/c1-11-10-18-14(16-11)9-17(2)8-13-5-3-4-12(6-13)7-15/h3-6,10H,8-9H2,1-2H3. The highest BCUT2D eigenvalue weighted by Crippen LogP contribution is 2.13. The van der Waals surface area contributed by atoms with Crippen molar-refractivity contribution in [2.75, 3.05) is 7.05 Å². The van der Waals surface area contributed by atoms with Crippen molar-refractivity contribution >= 4 is 11.3 Å². The van der Waals surface area contributed by atoms with Gasteiger partial charge in [-0.05, 0) is 31.7 Å². The largest absolute Gasteiger partial charge is 0.295 e. The van der Waals surface area contributed by atoms with Gasteiger partial charge < -0.3 is 0 Å². The Morgan fingerprint density at radius 1 is 1.39 bits per heavy atom. The van der Waals surface area contributed by atoms with E-state index in [1.807, 2.05) is 31.2 Å². The van der Waals surface area contributed by atoms with Crippen LogP contribution in [0.3, 0.4) is 0 Å². The predicted molar refractivity (Wildman–Crippen MR) is 73.2 cm³/mol. The highest BCUT2D eigenvalue weighted by molar-refractivity contribution is 7.09. The Balaban J connectivity index is 1.98. The molecule has 3 nitrogen and oxygen atoms in total. The molecule has 0 aliphatic heterocycles. The lowest BCUT2D eigenvalue weighted by molar-refractivity contribution is 0.318. The maximum Gasteiger partial charge on any atom is 0.107 e. The Bertz CT molecular complexity index is 568. The van der Waals surface area contributed by atoms with E-state index in [0.29, 0.717) is 5.56 Å². The SMILES string of the molecule is Cc1csc(CN(C)Cc2cccc(C#N)c2)n1. The second-order valence-electron chi connectivity index (χ2n) is 4.37. The molecule has 1 heterocycles. The molecule has 2 rings (SSSR count). The highest BCUT2D eigenvalue weighted by atomic mass is 32.1. The number of hydrogen-bond acceptors (Lipinski definition) is 4. The molecule has 92 valence electrons. The lowest BCUT2D eigenvalue weighted by Gasteiger charge is -2.15. The van der Waals surface area contributed by atoms with Crippen LogP contribution in [0.4, 0.5) is 0 Å². The smallest absolute Gasteiger partial charge is 0.107 e. The minimum absolute atomic E-state index is 0.714. The quantitative estimate of drug-likeness (QED) is 0.845. The molecule has 1 aromatic heterocycles. The van der Waals surface area contributed by atoms with Crippen molar-refractivity contribution in [1.82, 2.24) is 9.88 Å². The number of aryl methyl sites for hydroxylation is 1. The van der Waals surface area contributed by atoms with Crippen molar-refractivity contribution in [1.29, 1.82) is 5.26 Å². The molecule has 0 saturated carbocycles. The van der Waals surface area contributed by atoms with Gasteiger partial charge in [0.1, 0.15) is 5.01 Å². The zero-order valence-electron chi connectivity index (χ0n) is 10.6. The maximum absolute atomic E-state index is 8.86. The van der Waals surface area contributed by atoms with Gasteiger partial charge in [-0.25, -0.2) is 4.98 Å². The maximum atomic E-state index is 8.86. The third-order valence-corrected chi connectivity index (χ3v) is 3.53. The molecule has 0 bridgehead atoms. The molecule has 0 N–H and O–H groups in total. The van der Waals surface area contributed by atoms with Gasteiger partial charge in [0.05, 0.1) is 18.2 Å². The van der Waals surface area contributed by atoms with Crippen LogP contribution in [0.1, 0.15) is 21.8 Å². The summed E-state index contributed by atoms with van der Waals surface area (Å²) in [6.45, 7) is 3.68. The molecule has 0 radical (unpaired) electrons. The molecule has 18 heavy (non-hydrogen) atoms. The molecule has 0 aliphatic carbocycles. The van der Waals surface area contributed by atoms with E-state index in [1.165, 1.54) is 0 Å². The molecule has 0 fully saturated rings. The Morgan fingerprint density at radius 3 is 2.89 bits per heavy atom. The number of thiazole rings is 1. The molecular formula is C14H15N3S. The highest BCUT2D eigenvalue weighted by Gasteiger charge is 2.05. The van der Waals surface area contributed by atoms with E-state index < -0.39 is 0 Å². The molecule has 2 aromatic rings. The van der Waals surface area contributed by atoms with E-state index in [9.17, 15) is 0 Å². The number of nitrogens with zero attached hydrogens (tertiary/aromatic N) is 3. The number of nitriles is 1. The monoisotopic (exact) mass is 257 g/mol. The number of hydrogen-bond donors (Lipinski definition) is 0. The van der Waals surface area contributed by atoms with E-state index >= 15 is 0 Å². The minimum atomic E-state index is 0.714. The van der Waals surface area contributed by atoms with Gasteiger partial charge in [0, 0.05) is 17.6 Å². The third kappa shape index (κ3) is 3.39. The molecule has 0 aliphatic rings. The van der Waals surface area contributed by atoms with Crippen LogP contribution >= 0.6 is 11.3 Å². The van der Waals surface area contributed by atoms with Gasteiger partial charge in [0.2, 0.25) is 0 Å². The zero-order valence-corrected chi connectivity index (χ0v) is 11.4. The fourth-order valence-corrected chi connectivity index (χ4v) is 2.66. The number of benzene rings is 1. The van der Waals surface area contributed by atoms with Crippen molar-refractivity contribution in [3.8, 4) is 6.07 Å². The summed E-state index contributed by atoms with van der Waals surface area (Å²) in [6.07, 6.45) is 0. The van der Waals surface area contributed by atoms with Crippen LogP contribution in [0.5, 0.6) is 0 Å². The number of rotatable bonds is 4. The van der Waals surface area contributed by atoms with Crippen molar-refractivity contribution < 1.29 is 0 Å². The summed E-state index contributed by atoms with van der Waals surface area (Å²) >= 11 is 1.69. The molecule has 0 atom stereocenters. The lowest BCUT2D eigenvalue weighted by Crippen LogP contribution is -2.17. The summed E-state index contributed by atoms with van der Waals surface area (Å²) in [5.74, 6) is 0. The first kappa shape index (κ1) is 12.7. The lowest BCUT2D eigenvalue weighted by atomic mass is 10.1. The average Bonchev–Trinajstić information content (AvgIpc) is 2.74. The fraction of sp³-hybridized carbons (Fsp3) is 0.286. The molecule has 0 spiro atoms. The summed E-state index contributed by atoms with van der Waals surface area (Å²) < 4.78 is 0. The van der Waals surface area contributed by atoms with Gasteiger partial charge in [-0.1, -0.05) is 12.1 Å². The van der Waals surface area contributed by atoms with Crippen LogP contribution < -0.4 is 0 Å². The summed E-state index contributed by atoms with van der Waals surface area (Å²) in [6, 6.07) is 9.90. The van der Waals surface area contributed by atoms with E-state index in [4.69, 9.17) is 5.26 Å². The van der Waals surface area contributed by atoms with Crippen molar-refractivity contribution in [3.63, 3.8) is 0 Å². The Labute approximate surface area is 111 Å². The molecule has 4 heteroatoms. The van der Waals surface area contributed by atoms with E-state index in [1.54, 1.807) is 11.3 Å². The fourth-order valence-electron chi connectivity index (χ4n) is 1.81. The third-order valence-electron chi connectivity index (χ3n) is 2.58. The van der Waals surface area contributed by atoms with Gasteiger partial charge in [-0.2, -0.15) is 5.26 Å². The Hall–Kier alpha value is -1.70. The van der Waals surface area contributed by atoms with Gasteiger partial charge in [0.15, 0.2) is 0 Å². The summed E-state index contributed by atoms with van der Waals surface area (Å²) in [7, 11) is 2.07. The van der Waals surface area contributed by atoms with Crippen molar-refractivity contribution in [2.45, 2.75) is 20.0 Å². The van der Waals surface area contributed by atoms with Crippen LogP contribution in [-0.2, 0) is 13.1 Å². The van der Waals surface area contributed by atoms with Gasteiger partial charge in [0.25, 0.3) is 0 Å². The van der Waals surface area contributed by atoms with Crippen LogP contribution in [-0.4, -0.2) is 16.9 Å². The first-order valence-corrected chi connectivity index (χ1v) is 6.64. The second kappa shape index (κ2) is 5.76.